The van der Waals surface area contributed by atoms with E-state index < -0.39 is 5.97 Å². The first kappa shape index (κ1) is 15.6. The molecule has 0 radical (unpaired) electrons. The number of hydrogen-bond acceptors (Lipinski definition) is 2. The summed E-state index contributed by atoms with van der Waals surface area (Å²) in [5, 5.41) is 14.7. The van der Waals surface area contributed by atoms with Crippen LogP contribution >= 0.6 is 11.6 Å². The molecular formula is C15H19ClN2O3. The average Bonchev–Trinajstić information content (AvgIpc) is 3.23. The van der Waals surface area contributed by atoms with Crippen molar-refractivity contribution in [1.29, 1.82) is 0 Å². The number of benzene rings is 1. The summed E-state index contributed by atoms with van der Waals surface area (Å²) in [6.45, 7) is 0.950. The second-order valence-corrected chi connectivity index (χ2v) is 5.83. The van der Waals surface area contributed by atoms with Gasteiger partial charge in [0.1, 0.15) is 0 Å². The highest BCUT2D eigenvalue weighted by Gasteiger charge is 2.44. The van der Waals surface area contributed by atoms with Crippen LogP contribution in [-0.2, 0) is 10.2 Å². The van der Waals surface area contributed by atoms with E-state index in [4.69, 9.17) is 16.7 Å². The fraction of sp³-hybridized carbons (Fsp3) is 0.467. The van der Waals surface area contributed by atoms with Gasteiger partial charge in [-0.15, -0.1) is 0 Å². The van der Waals surface area contributed by atoms with Crippen molar-refractivity contribution < 1.29 is 14.7 Å². The number of hydrogen-bond donors (Lipinski definition) is 3. The Hall–Kier alpha value is -1.75. The standard InChI is InChI=1S/C15H19ClN2O3/c16-12-5-3-11(4-6-12)15(7-8-15)10-18-14(21)17-9-1-2-13(19)20/h3-6H,1-2,7-10H2,(H,19,20)(H2,17,18,21). The van der Waals surface area contributed by atoms with Gasteiger partial charge in [-0.05, 0) is 37.0 Å². The molecular weight excluding hydrogens is 292 g/mol. The average molecular weight is 311 g/mol. The molecule has 0 unspecified atom stereocenters. The number of carboxylic acids is 1. The molecule has 6 heteroatoms. The maximum Gasteiger partial charge on any atom is 0.314 e. The summed E-state index contributed by atoms with van der Waals surface area (Å²) in [5.41, 5.74) is 1.22. The Morgan fingerprint density at radius 3 is 2.43 bits per heavy atom. The van der Waals surface area contributed by atoms with Crippen LogP contribution < -0.4 is 10.6 Å². The van der Waals surface area contributed by atoms with Gasteiger partial charge in [0.05, 0.1) is 0 Å². The van der Waals surface area contributed by atoms with Crippen LogP contribution in [0.25, 0.3) is 0 Å². The molecule has 1 aromatic rings. The Labute approximate surface area is 128 Å². The lowest BCUT2D eigenvalue weighted by molar-refractivity contribution is -0.137. The number of rotatable bonds is 7. The van der Waals surface area contributed by atoms with E-state index in [1.165, 1.54) is 5.56 Å². The van der Waals surface area contributed by atoms with Gasteiger partial charge in [-0.2, -0.15) is 0 Å². The molecule has 0 spiro atoms. The highest BCUT2D eigenvalue weighted by atomic mass is 35.5. The Kier molecular flexibility index (Phi) is 5.07. The van der Waals surface area contributed by atoms with Crippen LogP contribution in [0.15, 0.2) is 24.3 Å². The van der Waals surface area contributed by atoms with Crippen LogP contribution in [0.5, 0.6) is 0 Å². The lowest BCUT2D eigenvalue weighted by Crippen LogP contribution is -2.40. The molecule has 0 aromatic heterocycles. The number of carboxylic acid groups (broad SMARTS) is 1. The van der Waals surface area contributed by atoms with Gasteiger partial charge in [0.2, 0.25) is 0 Å². The molecule has 1 aromatic carbocycles. The molecule has 3 N–H and O–H groups in total. The summed E-state index contributed by atoms with van der Waals surface area (Å²) in [6, 6.07) is 7.48. The molecule has 0 bridgehead atoms. The van der Waals surface area contributed by atoms with E-state index in [1.54, 1.807) is 0 Å². The van der Waals surface area contributed by atoms with Crippen molar-refractivity contribution in [3.63, 3.8) is 0 Å². The number of halogens is 1. The number of carbonyl (C=O) groups excluding carboxylic acids is 1. The smallest absolute Gasteiger partial charge is 0.314 e. The van der Waals surface area contributed by atoms with Gasteiger partial charge in [0.15, 0.2) is 0 Å². The molecule has 0 saturated heterocycles. The molecule has 2 rings (SSSR count). The van der Waals surface area contributed by atoms with E-state index in [9.17, 15) is 9.59 Å². The second-order valence-electron chi connectivity index (χ2n) is 5.39. The largest absolute Gasteiger partial charge is 0.481 e. The molecule has 0 aliphatic heterocycles. The lowest BCUT2D eigenvalue weighted by Gasteiger charge is -2.17. The number of urea groups is 1. The van der Waals surface area contributed by atoms with Gasteiger partial charge in [-0.25, -0.2) is 4.79 Å². The monoisotopic (exact) mass is 310 g/mol. The van der Waals surface area contributed by atoms with E-state index in [0.717, 1.165) is 12.8 Å². The first-order valence-electron chi connectivity index (χ1n) is 7.01. The Bertz CT molecular complexity index is 512. The molecule has 21 heavy (non-hydrogen) atoms. The van der Waals surface area contributed by atoms with Crippen molar-refractivity contribution in [3.05, 3.63) is 34.9 Å². The SMILES string of the molecule is O=C(O)CCCNC(=O)NCC1(c2ccc(Cl)cc2)CC1. The number of nitrogens with one attached hydrogen (secondary N) is 2. The maximum atomic E-state index is 11.7. The minimum atomic E-state index is -0.850. The molecule has 0 heterocycles. The predicted molar refractivity (Wildman–Crippen MR) is 80.6 cm³/mol. The Morgan fingerprint density at radius 2 is 1.86 bits per heavy atom. The van der Waals surface area contributed by atoms with Crippen LogP contribution in [-0.4, -0.2) is 30.2 Å². The second kappa shape index (κ2) is 6.80. The van der Waals surface area contributed by atoms with Crippen LogP contribution in [0.4, 0.5) is 4.79 Å². The highest BCUT2D eigenvalue weighted by Crippen LogP contribution is 2.47. The van der Waals surface area contributed by atoms with E-state index in [0.29, 0.717) is 24.5 Å². The summed E-state index contributed by atoms with van der Waals surface area (Å²) >= 11 is 5.88. The number of carbonyl (C=O) groups is 2. The first-order valence-corrected chi connectivity index (χ1v) is 7.39. The zero-order chi connectivity index (χ0) is 15.3. The highest BCUT2D eigenvalue weighted by molar-refractivity contribution is 6.30. The van der Waals surface area contributed by atoms with Gasteiger partial charge in [-0.1, -0.05) is 23.7 Å². The van der Waals surface area contributed by atoms with Gasteiger partial charge in [0, 0.05) is 29.9 Å². The van der Waals surface area contributed by atoms with Crippen LogP contribution in [0.2, 0.25) is 5.02 Å². The molecule has 5 nitrogen and oxygen atoms in total. The van der Waals surface area contributed by atoms with E-state index in [-0.39, 0.29) is 17.9 Å². The molecule has 2 amide bonds. The minimum Gasteiger partial charge on any atom is -0.481 e. The summed E-state index contributed by atoms with van der Waals surface area (Å²) < 4.78 is 0. The topological polar surface area (TPSA) is 78.4 Å². The maximum absolute atomic E-state index is 11.7. The Morgan fingerprint density at radius 1 is 1.19 bits per heavy atom. The Balaban J connectivity index is 1.73. The zero-order valence-corrected chi connectivity index (χ0v) is 12.4. The van der Waals surface area contributed by atoms with Crippen LogP contribution in [0, 0.1) is 0 Å². The van der Waals surface area contributed by atoms with Crippen molar-refractivity contribution in [2.75, 3.05) is 13.1 Å². The third kappa shape index (κ3) is 4.63. The fourth-order valence-corrected chi connectivity index (χ4v) is 2.40. The van der Waals surface area contributed by atoms with E-state index >= 15 is 0 Å². The van der Waals surface area contributed by atoms with Gasteiger partial charge in [-0.3, -0.25) is 4.79 Å². The fourth-order valence-electron chi connectivity index (χ4n) is 2.28. The molecule has 1 saturated carbocycles. The summed E-state index contributed by atoms with van der Waals surface area (Å²) in [5.74, 6) is -0.850. The minimum absolute atomic E-state index is 0.0307. The van der Waals surface area contributed by atoms with Gasteiger partial charge in [0.25, 0.3) is 0 Å². The number of amides is 2. The summed E-state index contributed by atoms with van der Waals surface area (Å²) in [7, 11) is 0. The van der Waals surface area contributed by atoms with Crippen molar-refractivity contribution in [2.24, 2.45) is 0 Å². The normalized spacial score (nSPS) is 15.3. The number of aliphatic carboxylic acids is 1. The van der Waals surface area contributed by atoms with Crippen molar-refractivity contribution in [2.45, 2.75) is 31.1 Å². The summed E-state index contributed by atoms with van der Waals surface area (Å²) in [4.78, 5) is 22.0. The predicted octanol–water partition coefficient (Wildman–Crippen LogP) is 2.54. The third-order valence-corrected chi connectivity index (χ3v) is 4.00. The van der Waals surface area contributed by atoms with Gasteiger partial charge >= 0.3 is 12.0 Å². The molecule has 1 aliphatic rings. The van der Waals surface area contributed by atoms with Crippen molar-refractivity contribution in [3.8, 4) is 0 Å². The van der Waals surface area contributed by atoms with Crippen molar-refractivity contribution >= 4 is 23.6 Å². The molecule has 1 aliphatic carbocycles. The third-order valence-electron chi connectivity index (χ3n) is 3.75. The molecule has 114 valence electrons. The van der Waals surface area contributed by atoms with E-state index in [1.807, 2.05) is 24.3 Å². The summed E-state index contributed by atoms with van der Waals surface area (Å²) in [6.07, 6.45) is 2.60. The van der Waals surface area contributed by atoms with Crippen LogP contribution in [0.1, 0.15) is 31.2 Å². The first-order chi connectivity index (χ1) is 10.0. The molecule has 0 atom stereocenters. The van der Waals surface area contributed by atoms with Gasteiger partial charge < -0.3 is 15.7 Å². The van der Waals surface area contributed by atoms with Crippen molar-refractivity contribution in [1.82, 2.24) is 10.6 Å². The zero-order valence-electron chi connectivity index (χ0n) is 11.7. The van der Waals surface area contributed by atoms with E-state index in [2.05, 4.69) is 10.6 Å². The van der Waals surface area contributed by atoms with Crippen LogP contribution in [0.3, 0.4) is 0 Å². The molecule has 1 fully saturated rings. The lowest BCUT2D eigenvalue weighted by atomic mass is 9.96. The quantitative estimate of drug-likeness (QED) is 0.677.